The fourth-order valence-corrected chi connectivity index (χ4v) is 9.84. The molecule has 3 nitrogen and oxygen atoms in total. The number of hydrogen-bond acceptors (Lipinski definition) is 4. The molecular weight excluding hydrogens is 699 g/mol. The largest absolute Gasteiger partial charge is 0.208 e. The second-order valence-corrected chi connectivity index (χ2v) is 15.4. The van der Waals surface area contributed by atoms with Crippen LogP contribution in [0.2, 0.25) is 0 Å². The van der Waals surface area contributed by atoms with Gasteiger partial charge in [-0.15, -0.1) is 11.3 Å². The van der Waals surface area contributed by atoms with Gasteiger partial charge in [-0.25, -0.2) is 15.0 Å². The van der Waals surface area contributed by atoms with Crippen LogP contribution >= 0.6 is 11.3 Å². The van der Waals surface area contributed by atoms with Gasteiger partial charge in [-0.1, -0.05) is 182 Å². The molecule has 8 aromatic carbocycles. The number of aromatic nitrogens is 3. The van der Waals surface area contributed by atoms with E-state index < -0.39 is 5.41 Å². The van der Waals surface area contributed by atoms with E-state index in [1.165, 1.54) is 64.7 Å². The van der Waals surface area contributed by atoms with Gasteiger partial charge >= 0.3 is 0 Å². The molecule has 0 amide bonds. The van der Waals surface area contributed by atoms with Crippen molar-refractivity contribution in [1.82, 2.24) is 15.0 Å². The Hall–Kier alpha value is -7.01. The first-order chi connectivity index (χ1) is 27.7. The molecule has 11 rings (SSSR count). The molecule has 2 aromatic heterocycles. The van der Waals surface area contributed by atoms with Crippen LogP contribution in [0.5, 0.6) is 0 Å². The Balaban J connectivity index is 1.03. The van der Waals surface area contributed by atoms with Crippen LogP contribution in [0.3, 0.4) is 0 Å². The van der Waals surface area contributed by atoms with Gasteiger partial charge in [-0.2, -0.15) is 0 Å². The SMILES string of the molecule is c1ccc(-c2nc(-c3ccccc3)nc(-c3ccc4c(c3)sc3cc(-c5ccc6c(c5)C(c5ccccc5)(c5ccccc5)c5ccccc5-6)ccc34)n2)cc1. The van der Waals surface area contributed by atoms with Crippen LogP contribution in [0.25, 0.3) is 76.6 Å². The van der Waals surface area contributed by atoms with Crippen LogP contribution in [0.1, 0.15) is 22.3 Å². The molecule has 0 aliphatic heterocycles. The molecular formula is C52H33N3S. The first kappa shape index (κ1) is 32.4. The van der Waals surface area contributed by atoms with Crippen molar-refractivity contribution in [3.8, 4) is 56.4 Å². The molecule has 0 radical (unpaired) electrons. The summed E-state index contributed by atoms with van der Waals surface area (Å²) in [4.78, 5) is 14.9. The summed E-state index contributed by atoms with van der Waals surface area (Å²) in [6, 6.07) is 71.8. The fraction of sp³-hybridized carbons (Fsp3) is 0.0192. The van der Waals surface area contributed by atoms with Crippen LogP contribution < -0.4 is 0 Å². The smallest absolute Gasteiger partial charge is 0.164 e. The lowest BCUT2D eigenvalue weighted by Gasteiger charge is -2.34. The minimum Gasteiger partial charge on any atom is -0.208 e. The van der Waals surface area contributed by atoms with Gasteiger partial charge in [-0.3, -0.25) is 0 Å². The molecule has 0 unspecified atom stereocenters. The molecule has 0 fully saturated rings. The summed E-state index contributed by atoms with van der Waals surface area (Å²) in [5.41, 5.74) is 12.6. The normalized spacial score (nSPS) is 12.8. The first-order valence-corrected chi connectivity index (χ1v) is 19.8. The second-order valence-electron chi connectivity index (χ2n) is 14.4. The van der Waals surface area contributed by atoms with E-state index >= 15 is 0 Å². The maximum Gasteiger partial charge on any atom is 0.164 e. The number of fused-ring (bicyclic) bond motifs is 6. The van der Waals surface area contributed by atoms with E-state index in [4.69, 9.17) is 15.0 Å². The first-order valence-electron chi connectivity index (χ1n) is 18.9. The monoisotopic (exact) mass is 731 g/mol. The van der Waals surface area contributed by atoms with Crippen molar-refractivity contribution in [2.75, 3.05) is 0 Å². The zero-order valence-electron chi connectivity index (χ0n) is 30.3. The number of hydrogen-bond donors (Lipinski definition) is 0. The van der Waals surface area contributed by atoms with Gasteiger partial charge in [0.1, 0.15) is 0 Å². The average molecular weight is 732 g/mol. The predicted molar refractivity (Wildman–Crippen MR) is 232 cm³/mol. The second kappa shape index (κ2) is 13.1. The van der Waals surface area contributed by atoms with E-state index in [-0.39, 0.29) is 0 Å². The van der Waals surface area contributed by atoms with Gasteiger partial charge in [0.2, 0.25) is 0 Å². The molecule has 4 heteroatoms. The standard InChI is InChI=1S/C52H33N3S/c1-5-15-34(16-6-1)49-53-50(35-17-7-2-8-18-35)55-51(54-49)38-27-30-44-43-29-26-37(32-47(43)56-48(44)33-38)36-25-28-42-41-23-13-14-24-45(41)52(46(42)31-36,39-19-9-3-10-20-39)40-21-11-4-12-22-40/h1-33H. The lowest BCUT2D eigenvalue weighted by molar-refractivity contribution is 0.769. The van der Waals surface area contributed by atoms with Gasteiger partial charge in [-0.05, 0) is 62.7 Å². The highest BCUT2D eigenvalue weighted by atomic mass is 32.1. The van der Waals surface area contributed by atoms with Gasteiger partial charge in [0.05, 0.1) is 5.41 Å². The third-order valence-corrected chi connectivity index (χ3v) is 12.3. The highest BCUT2D eigenvalue weighted by Gasteiger charge is 2.46. The van der Waals surface area contributed by atoms with Crippen molar-refractivity contribution in [3.63, 3.8) is 0 Å². The Morgan fingerprint density at radius 2 is 0.750 bits per heavy atom. The van der Waals surface area contributed by atoms with Crippen molar-refractivity contribution in [1.29, 1.82) is 0 Å². The number of thiophene rings is 1. The molecule has 0 spiro atoms. The Morgan fingerprint density at radius 3 is 1.34 bits per heavy atom. The topological polar surface area (TPSA) is 38.7 Å². The van der Waals surface area contributed by atoms with Gasteiger partial charge < -0.3 is 0 Å². The van der Waals surface area contributed by atoms with Gasteiger partial charge in [0.15, 0.2) is 17.5 Å². The van der Waals surface area contributed by atoms with Crippen LogP contribution in [-0.4, -0.2) is 15.0 Å². The Morgan fingerprint density at radius 1 is 0.321 bits per heavy atom. The maximum absolute atomic E-state index is 5.00. The minimum atomic E-state index is -0.432. The third-order valence-electron chi connectivity index (χ3n) is 11.2. The van der Waals surface area contributed by atoms with Crippen molar-refractivity contribution < 1.29 is 0 Å². The van der Waals surface area contributed by atoms with E-state index in [0.29, 0.717) is 17.5 Å². The fourth-order valence-electron chi connectivity index (χ4n) is 8.66. The van der Waals surface area contributed by atoms with Crippen molar-refractivity contribution >= 4 is 31.5 Å². The molecule has 0 saturated heterocycles. The van der Waals surface area contributed by atoms with E-state index in [1.807, 2.05) is 72.0 Å². The summed E-state index contributed by atoms with van der Waals surface area (Å²) in [5, 5.41) is 2.49. The Kier molecular flexibility index (Phi) is 7.58. The van der Waals surface area contributed by atoms with Crippen LogP contribution in [-0.2, 0) is 5.41 Å². The number of rotatable bonds is 6. The summed E-state index contributed by atoms with van der Waals surface area (Å²) >= 11 is 1.82. The highest BCUT2D eigenvalue weighted by molar-refractivity contribution is 7.25. The van der Waals surface area contributed by atoms with E-state index in [0.717, 1.165) is 16.7 Å². The van der Waals surface area contributed by atoms with Gasteiger partial charge in [0, 0.05) is 36.9 Å². The van der Waals surface area contributed by atoms with E-state index in [9.17, 15) is 0 Å². The molecule has 1 aliphatic rings. The van der Waals surface area contributed by atoms with Crippen LogP contribution in [0.15, 0.2) is 200 Å². The molecule has 56 heavy (non-hydrogen) atoms. The molecule has 0 N–H and O–H groups in total. The van der Waals surface area contributed by atoms with Crippen molar-refractivity contribution in [2.45, 2.75) is 5.41 Å². The minimum absolute atomic E-state index is 0.432. The summed E-state index contributed by atoms with van der Waals surface area (Å²) in [6.07, 6.45) is 0. The molecule has 1 aliphatic carbocycles. The zero-order chi connectivity index (χ0) is 37.1. The van der Waals surface area contributed by atoms with Crippen LogP contribution in [0, 0.1) is 0 Å². The molecule has 262 valence electrons. The Labute approximate surface area is 329 Å². The van der Waals surface area contributed by atoms with Crippen molar-refractivity contribution in [2.24, 2.45) is 0 Å². The predicted octanol–water partition coefficient (Wildman–Crippen LogP) is 13.3. The average Bonchev–Trinajstić information content (AvgIpc) is 3.80. The van der Waals surface area contributed by atoms with E-state index in [2.05, 4.69) is 140 Å². The highest BCUT2D eigenvalue weighted by Crippen LogP contribution is 2.56. The molecule has 10 aromatic rings. The van der Waals surface area contributed by atoms with Crippen molar-refractivity contribution in [3.05, 3.63) is 222 Å². The number of benzene rings is 8. The summed E-state index contributed by atoms with van der Waals surface area (Å²) in [5.74, 6) is 1.99. The van der Waals surface area contributed by atoms with E-state index in [1.54, 1.807) is 0 Å². The number of nitrogens with zero attached hydrogens (tertiary/aromatic N) is 3. The summed E-state index contributed by atoms with van der Waals surface area (Å²) in [7, 11) is 0. The molecule has 0 atom stereocenters. The molecule has 2 heterocycles. The Bertz CT molecular complexity index is 2970. The van der Waals surface area contributed by atoms with Gasteiger partial charge in [0.25, 0.3) is 0 Å². The summed E-state index contributed by atoms with van der Waals surface area (Å²) < 4.78 is 2.45. The molecule has 0 saturated carbocycles. The van der Waals surface area contributed by atoms with Crippen LogP contribution in [0.4, 0.5) is 0 Å². The third kappa shape index (κ3) is 5.14. The zero-order valence-corrected chi connectivity index (χ0v) is 31.1. The lowest BCUT2D eigenvalue weighted by atomic mass is 9.67. The maximum atomic E-state index is 5.00. The molecule has 0 bridgehead atoms. The summed E-state index contributed by atoms with van der Waals surface area (Å²) in [6.45, 7) is 0. The lowest BCUT2D eigenvalue weighted by Crippen LogP contribution is -2.28. The quantitative estimate of drug-likeness (QED) is 0.171.